The molecule has 0 atom stereocenters. The van der Waals surface area contributed by atoms with Crippen LogP contribution in [0, 0.1) is 0 Å². The van der Waals surface area contributed by atoms with E-state index < -0.39 is 9.84 Å². The molecule has 0 aliphatic carbocycles. The van der Waals surface area contributed by atoms with E-state index in [1.165, 1.54) is 0 Å². The molecule has 0 bridgehead atoms. The Morgan fingerprint density at radius 1 is 1.00 bits per heavy atom. The highest BCUT2D eigenvalue weighted by atomic mass is 32.2. The molecule has 0 N–H and O–H groups in total. The molecule has 2 heterocycles. The van der Waals surface area contributed by atoms with Crippen molar-refractivity contribution in [3.63, 3.8) is 0 Å². The third-order valence-electron chi connectivity index (χ3n) is 4.02. The lowest BCUT2D eigenvalue weighted by molar-refractivity contribution is 0.271. The molecular formula is C16H20N4O2S. The summed E-state index contributed by atoms with van der Waals surface area (Å²) < 4.78 is 24.6. The lowest BCUT2D eigenvalue weighted by Gasteiger charge is -2.35. The lowest BCUT2D eigenvalue weighted by Crippen LogP contribution is -2.47. The standard InChI is InChI=1S/C16H20N4O2S/c21-23(22,15-4-2-1-3-5-15)13-12-19-8-10-20(11-9-19)16-14-17-6-7-18-16/h1-7,14H,8-13H2. The second-order valence-corrected chi connectivity index (χ2v) is 7.63. The van der Waals surface area contributed by atoms with E-state index in [2.05, 4.69) is 19.8 Å². The zero-order valence-electron chi connectivity index (χ0n) is 12.9. The van der Waals surface area contributed by atoms with Gasteiger partial charge in [-0.05, 0) is 12.1 Å². The fourth-order valence-electron chi connectivity index (χ4n) is 2.65. The van der Waals surface area contributed by atoms with E-state index in [1.807, 2.05) is 6.07 Å². The van der Waals surface area contributed by atoms with Gasteiger partial charge in [-0.25, -0.2) is 13.4 Å². The molecule has 1 aliphatic heterocycles. The Morgan fingerprint density at radius 3 is 2.39 bits per heavy atom. The largest absolute Gasteiger partial charge is 0.353 e. The quantitative estimate of drug-likeness (QED) is 0.816. The molecule has 122 valence electrons. The van der Waals surface area contributed by atoms with Crippen LogP contribution in [0.4, 0.5) is 5.82 Å². The number of benzene rings is 1. The predicted octanol–water partition coefficient (Wildman–Crippen LogP) is 1.07. The van der Waals surface area contributed by atoms with Gasteiger partial charge in [0, 0.05) is 45.1 Å². The van der Waals surface area contributed by atoms with Gasteiger partial charge < -0.3 is 4.90 Å². The van der Waals surface area contributed by atoms with E-state index in [9.17, 15) is 8.42 Å². The van der Waals surface area contributed by atoms with Crippen molar-refractivity contribution in [2.45, 2.75) is 4.90 Å². The zero-order valence-corrected chi connectivity index (χ0v) is 13.7. The average Bonchev–Trinajstić information content (AvgIpc) is 2.62. The third kappa shape index (κ3) is 4.05. The molecule has 3 rings (SSSR count). The first-order chi connectivity index (χ1) is 11.1. The van der Waals surface area contributed by atoms with Crippen LogP contribution in [0.2, 0.25) is 0 Å². The zero-order chi connectivity index (χ0) is 16.1. The number of piperazine rings is 1. The van der Waals surface area contributed by atoms with E-state index >= 15 is 0 Å². The summed E-state index contributed by atoms with van der Waals surface area (Å²) in [7, 11) is -3.20. The van der Waals surface area contributed by atoms with Crippen molar-refractivity contribution >= 4 is 15.7 Å². The van der Waals surface area contributed by atoms with Crippen molar-refractivity contribution in [3.8, 4) is 0 Å². The van der Waals surface area contributed by atoms with Crippen LogP contribution < -0.4 is 4.90 Å². The highest BCUT2D eigenvalue weighted by Gasteiger charge is 2.21. The number of rotatable bonds is 5. The summed E-state index contributed by atoms with van der Waals surface area (Å²) in [6.07, 6.45) is 5.11. The number of aromatic nitrogens is 2. The fourth-order valence-corrected chi connectivity index (χ4v) is 3.96. The highest BCUT2D eigenvalue weighted by molar-refractivity contribution is 7.91. The number of nitrogens with zero attached hydrogens (tertiary/aromatic N) is 4. The van der Waals surface area contributed by atoms with Gasteiger partial charge in [-0.2, -0.15) is 0 Å². The summed E-state index contributed by atoms with van der Waals surface area (Å²) in [5.74, 6) is 1.03. The SMILES string of the molecule is O=S(=O)(CCN1CCN(c2cnccn2)CC1)c1ccccc1. The maximum absolute atomic E-state index is 12.3. The summed E-state index contributed by atoms with van der Waals surface area (Å²) in [6, 6.07) is 8.65. The van der Waals surface area contributed by atoms with Crippen LogP contribution in [0.3, 0.4) is 0 Å². The molecule has 0 amide bonds. The maximum Gasteiger partial charge on any atom is 0.179 e. The molecule has 6 nitrogen and oxygen atoms in total. The van der Waals surface area contributed by atoms with Crippen molar-refractivity contribution in [2.75, 3.05) is 43.4 Å². The van der Waals surface area contributed by atoms with Crippen LogP contribution in [0.15, 0.2) is 53.8 Å². The minimum Gasteiger partial charge on any atom is -0.353 e. The average molecular weight is 332 g/mol. The van der Waals surface area contributed by atoms with Gasteiger partial charge in [0.25, 0.3) is 0 Å². The number of hydrogen-bond acceptors (Lipinski definition) is 6. The molecule has 0 saturated carbocycles. The van der Waals surface area contributed by atoms with E-state index in [-0.39, 0.29) is 5.75 Å². The van der Waals surface area contributed by atoms with E-state index in [4.69, 9.17) is 0 Å². The number of hydrogen-bond donors (Lipinski definition) is 0. The van der Waals surface area contributed by atoms with Crippen LogP contribution in [0.1, 0.15) is 0 Å². The smallest absolute Gasteiger partial charge is 0.179 e. The van der Waals surface area contributed by atoms with Crippen LogP contribution in [0.5, 0.6) is 0 Å². The van der Waals surface area contributed by atoms with Crippen molar-refractivity contribution in [2.24, 2.45) is 0 Å². The van der Waals surface area contributed by atoms with Gasteiger partial charge in [0.05, 0.1) is 16.8 Å². The first-order valence-electron chi connectivity index (χ1n) is 7.66. The Hall–Kier alpha value is -1.99. The van der Waals surface area contributed by atoms with Gasteiger partial charge in [0.2, 0.25) is 0 Å². The summed E-state index contributed by atoms with van der Waals surface area (Å²) in [6.45, 7) is 3.90. The molecule has 1 saturated heterocycles. The van der Waals surface area contributed by atoms with Crippen LogP contribution in [-0.4, -0.2) is 61.8 Å². The Labute approximate surface area is 136 Å². The normalized spacial score (nSPS) is 16.4. The number of anilines is 1. The van der Waals surface area contributed by atoms with Gasteiger partial charge in [-0.15, -0.1) is 0 Å². The van der Waals surface area contributed by atoms with Crippen LogP contribution in [-0.2, 0) is 9.84 Å². The van der Waals surface area contributed by atoms with E-state index in [0.717, 1.165) is 32.0 Å². The van der Waals surface area contributed by atoms with Gasteiger partial charge in [-0.1, -0.05) is 18.2 Å². The second kappa shape index (κ2) is 7.06. The van der Waals surface area contributed by atoms with Crippen molar-refractivity contribution in [1.82, 2.24) is 14.9 Å². The molecule has 7 heteroatoms. The Morgan fingerprint density at radius 2 is 1.74 bits per heavy atom. The Kier molecular flexibility index (Phi) is 4.88. The van der Waals surface area contributed by atoms with Gasteiger partial charge in [-0.3, -0.25) is 9.88 Å². The molecule has 0 spiro atoms. The van der Waals surface area contributed by atoms with Gasteiger partial charge >= 0.3 is 0 Å². The number of sulfone groups is 1. The third-order valence-corrected chi connectivity index (χ3v) is 5.73. The minimum absolute atomic E-state index is 0.155. The van der Waals surface area contributed by atoms with Crippen LogP contribution in [0.25, 0.3) is 0 Å². The summed E-state index contributed by atoms with van der Waals surface area (Å²) in [5, 5.41) is 0. The molecule has 0 radical (unpaired) electrons. The minimum atomic E-state index is -3.20. The summed E-state index contributed by atoms with van der Waals surface area (Å²) in [4.78, 5) is 13.2. The van der Waals surface area contributed by atoms with Crippen LogP contribution >= 0.6 is 0 Å². The highest BCUT2D eigenvalue weighted by Crippen LogP contribution is 2.13. The molecule has 1 aliphatic rings. The fraction of sp³-hybridized carbons (Fsp3) is 0.375. The topological polar surface area (TPSA) is 66.4 Å². The van der Waals surface area contributed by atoms with E-state index in [0.29, 0.717) is 11.4 Å². The molecular weight excluding hydrogens is 312 g/mol. The first kappa shape index (κ1) is 15.9. The predicted molar refractivity (Wildman–Crippen MR) is 89.2 cm³/mol. The Bertz CT molecular complexity index is 714. The van der Waals surface area contributed by atoms with Crippen molar-refractivity contribution < 1.29 is 8.42 Å². The Balaban J connectivity index is 1.52. The molecule has 1 fully saturated rings. The monoisotopic (exact) mass is 332 g/mol. The summed E-state index contributed by atoms with van der Waals surface area (Å²) in [5.41, 5.74) is 0. The van der Waals surface area contributed by atoms with Gasteiger partial charge in [0.1, 0.15) is 5.82 Å². The van der Waals surface area contributed by atoms with Crippen molar-refractivity contribution in [1.29, 1.82) is 0 Å². The molecule has 1 aromatic carbocycles. The molecule has 2 aromatic rings. The summed E-state index contributed by atoms with van der Waals surface area (Å²) >= 11 is 0. The molecule has 1 aromatic heterocycles. The first-order valence-corrected chi connectivity index (χ1v) is 9.31. The van der Waals surface area contributed by atoms with Crippen molar-refractivity contribution in [3.05, 3.63) is 48.9 Å². The lowest BCUT2D eigenvalue weighted by atomic mass is 10.3. The molecule has 23 heavy (non-hydrogen) atoms. The molecule has 0 unspecified atom stereocenters. The van der Waals surface area contributed by atoms with E-state index in [1.54, 1.807) is 42.9 Å². The second-order valence-electron chi connectivity index (χ2n) is 5.52. The van der Waals surface area contributed by atoms with Gasteiger partial charge in [0.15, 0.2) is 9.84 Å². The maximum atomic E-state index is 12.3.